The molecule has 0 atom stereocenters. The highest BCUT2D eigenvalue weighted by atomic mass is 16.6. The van der Waals surface area contributed by atoms with Crippen molar-refractivity contribution in [3.63, 3.8) is 0 Å². The molecule has 0 amide bonds. The number of rotatable bonds is 10. The van der Waals surface area contributed by atoms with E-state index in [4.69, 9.17) is 4.74 Å². The summed E-state index contributed by atoms with van der Waals surface area (Å²) in [6.07, 6.45) is 3.53. The van der Waals surface area contributed by atoms with Gasteiger partial charge in [-0.15, -0.1) is 0 Å². The summed E-state index contributed by atoms with van der Waals surface area (Å²) in [4.78, 5) is 10.9. The normalized spacial score (nSPS) is 11.1. The molecule has 0 radical (unpaired) electrons. The smallest absolute Gasteiger partial charge is 0.333 e. The lowest BCUT2D eigenvalue weighted by Crippen LogP contribution is -2.10. The van der Waals surface area contributed by atoms with Crippen LogP contribution in [-0.4, -0.2) is 34.0 Å². The first-order valence-corrected chi connectivity index (χ1v) is 7.53. The molecule has 1 aromatic heterocycles. The second-order valence-corrected chi connectivity index (χ2v) is 5.33. The first-order chi connectivity index (χ1) is 9.97. The topological polar surface area (TPSA) is 82.2 Å². The summed E-state index contributed by atoms with van der Waals surface area (Å²) in [5.74, 6) is 0.494. The van der Waals surface area contributed by atoms with Crippen LogP contribution in [0.15, 0.2) is 0 Å². The van der Waals surface area contributed by atoms with Crippen molar-refractivity contribution >= 4 is 11.5 Å². The highest BCUT2D eigenvalue weighted by Gasteiger charge is 2.25. The molecule has 0 aliphatic rings. The lowest BCUT2D eigenvalue weighted by atomic mass is 10.2. The molecule has 0 unspecified atom stereocenters. The van der Waals surface area contributed by atoms with Gasteiger partial charge in [-0.05, 0) is 33.1 Å². The fraction of sp³-hybridized carbons (Fsp3) is 0.786. The van der Waals surface area contributed by atoms with Crippen molar-refractivity contribution in [1.82, 2.24) is 9.78 Å². The van der Waals surface area contributed by atoms with E-state index in [0.717, 1.165) is 19.3 Å². The number of hydrogen-bond donors (Lipinski definition) is 1. The van der Waals surface area contributed by atoms with Crippen molar-refractivity contribution in [2.75, 3.05) is 18.5 Å². The number of nitrogens with zero attached hydrogens (tertiary/aromatic N) is 3. The third kappa shape index (κ3) is 5.34. The van der Waals surface area contributed by atoms with Gasteiger partial charge < -0.3 is 10.1 Å². The zero-order valence-corrected chi connectivity index (χ0v) is 13.4. The Bertz CT molecular complexity index is 457. The van der Waals surface area contributed by atoms with E-state index in [1.165, 1.54) is 0 Å². The second kappa shape index (κ2) is 8.61. The third-order valence-electron chi connectivity index (χ3n) is 3.08. The van der Waals surface area contributed by atoms with Crippen LogP contribution in [0.4, 0.5) is 11.5 Å². The molecule has 0 saturated carbocycles. The first kappa shape index (κ1) is 17.4. The van der Waals surface area contributed by atoms with Crippen LogP contribution < -0.4 is 5.32 Å². The van der Waals surface area contributed by atoms with Crippen LogP contribution >= 0.6 is 0 Å². The maximum atomic E-state index is 11.2. The standard InChI is InChI=1S/C14H26N4O3/c1-5-8-12-13(18(19)20)14(17(4)16-12)15-9-6-7-10-21-11(2)3/h11,15H,5-10H2,1-4H3. The molecule has 0 fully saturated rings. The van der Waals surface area contributed by atoms with Gasteiger partial charge in [-0.2, -0.15) is 5.10 Å². The summed E-state index contributed by atoms with van der Waals surface area (Å²) in [6, 6.07) is 0. The van der Waals surface area contributed by atoms with Crippen molar-refractivity contribution in [3.8, 4) is 0 Å². The third-order valence-corrected chi connectivity index (χ3v) is 3.08. The van der Waals surface area contributed by atoms with Gasteiger partial charge in [-0.3, -0.25) is 10.1 Å². The van der Waals surface area contributed by atoms with Crippen LogP contribution in [0.5, 0.6) is 0 Å². The Morgan fingerprint density at radius 3 is 2.71 bits per heavy atom. The van der Waals surface area contributed by atoms with Crippen LogP contribution in [0.25, 0.3) is 0 Å². The molecular weight excluding hydrogens is 272 g/mol. The van der Waals surface area contributed by atoms with Crippen LogP contribution in [0.3, 0.4) is 0 Å². The molecule has 21 heavy (non-hydrogen) atoms. The number of aryl methyl sites for hydroxylation is 2. The van der Waals surface area contributed by atoms with Gasteiger partial charge in [0.25, 0.3) is 0 Å². The molecular formula is C14H26N4O3. The molecule has 120 valence electrons. The van der Waals surface area contributed by atoms with Gasteiger partial charge in [0.15, 0.2) is 0 Å². The Morgan fingerprint density at radius 1 is 1.43 bits per heavy atom. The Kier molecular flexibility index (Phi) is 7.14. The molecule has 7 heteroatoms. The average Bonchev–Trinajstić information content (AvgIpc) is 2.70. The van der Waals surface area contributed by atoms with Crippen LogP contribution in [0.2, 0.25) is 0 Å². The Balaban J connectivity index is 2.56. The highest BCUT2D eigenvalue weighted by molar-refractivity contribution is 5.59. The maximum absolute atomic E-state index is 11.2. The Hall–Kier alpha value is -1.63. The van der Waals surface area contributed by atoms with Gasteiger partial charge in [-0.1, -0.05) is 13.3 Å². The molecule has 0 aliphatic carbocycles. The molecule has 0 saturated heterocycles. The van der Waals surface area contributed by atoms with E-state index >= 15 is 0 Å². The predicted molar refractivity (Wildman–Crippen MR) is 82.7 cm³/mol. The largest absolute Gasteiger partial charge is 0.379 e. The number of nitrogens with one attached hydrogen (secondary N) is 1. The lowest BCUT2D eigenvalue weighted by molar-refractivity contribution is -0.384. The fourth-order valence-electron chi connectivity index (χ4n) is 2.12. The minimum atomic E-state index is -0.345. The minimum absolute atomic E-state index is 0.109. The monoisotopic (exact) mass is 298 g/mol. The summed E-state index contributed by atoms with van der Waals surface area (Å²) in [5, 5.41) is 18.6. The minimum Gasteiger partial charge on any atom is -0.379 e. The van der Waals surface area contributed by atoms with E-state index in [0.29, 0.717) is 31.1 Å². The van der Waals surface area contributed by atoms with Crippen LogP contribution in [-0.2, 0) is 18.2 Å². The van der Waals surface area contributed by atoms with E-state index in [2.05, 4.69) is 10.4 Å². The Labute approximate surface area is 125 Å². The summed E-state index contributed by atoms with van der Waals surface area (Å²) in [6.45, 7) is 7.39. The zero-order valence-electron chi connectivity index (χ0n) is 13.4. The second-order valence-electron chi connectivity index (χ2n) is 5.33. The van der Waals surface area contributed by atoms with Gasteiger partial charge in [0.2, 0.25) is 5.82 Å². The number of anilines is 1. The average molecular weight is 298 g/mol. The van der Waals surface area contributed by atoms with Crippen LogP contribution in [0, 0.1) is 10.1 Å². The number of unbranched alkanes of at least 4 members (excludes halogenated alkanes) is 1. The number of hydrogen-bond acceptors (Lipinski definition) is 5. The molecule has 1 N–H and O–H groups in total. The van der Waals surface area contributed by atoms with E-state index in [-0.39, 0.29) is 16.7 Å². The highest BCUT2D eigenvalue weighted by Crippen LogP contribution is 2.28. The maximum Gasteiger partial charge on any atom is 0.333 e. The molecule has 1 rings (SSSR count). The van der Waals surface area contributed by atoms with Crippen molar-refractivity contribution in [1.29, 1.82) is 0 Å². The van der Waals surface area contributed by atoms with E-state index < -0.39 is 0 Å². The van der Waals surface area contributed by atoms with Gasteiger partial charge in [-0.25, -0.2) is 4.68 Å². The predicted octanol–water partition coefficient (Wildman–Crippen LogP) is 2.90. The van der Waals surface area contributed by atoms with Crippen molar-refractivity contribution in [2.24, 2.45) is 7.05 Å². The lowest BCUT2D eigenvalue weighted by Gasteiger charge is -2.08. The van der Waals surface area contributed by atoms with Gasteiger partial charge in [0.05, 0.1) is 11.0 Å². The SMILES string of the molecule is CCCc1nn(C)c(NCCCCOC(C)C)c1[N+](=O)[O-]. The molecule has 0 aliphatic heterocycles. The summed E-state index contributed by atoms with van der Waals surface area (Å²) in [5.41, 5.74) is 0.661. The Morgan fingerprint density at radius 2 is 2.14 bits per heavy atom. The number of nitro groups is 1. The van der Waals surface area contributed by atoms with Gasteiger partial charge >= 0.3 is 5.69 Å². The van der Waals surface area contributed by atoms with E-state index in [1.54, 1.807) is 11.7 Å². The zero-order chi connectivity index (χ0) is 15.8. The van der Waals surface area contributed by atoms with Gasteiger partial charge in [0, 0.05) is 20.2 Å². The van der Waals surface area contributed by atoms with Crippen LogP contribution in [0.1, 0.15) is 45.7 Å². The van der Waals surface area contributed by atoms with E-state index in [1.807, 2.05) is 20.8 Å². The fourth-order valence-corrected chi connectivity index (χ4v) is 2.12. The molecule has 7 nitrogen and oxygen atoms in total. The van der Waals surface area contributed by atoms with Gasteiger partial charge in [0.1, 0.15) is 5.69 Å². The molecule has 0 bridgehead atoms. The van der Waals surface area contributed by atoms with Crippen molar-refractivity contribution in [3.05, 3.63) is 15.8 Å². The first-order valence-electron chi connectivity index (χ1n) is 7.53. The molecule has 0 spiro atoms. The van der Waals surface area contributed by atoms with E-state index in [9.17, 15) is 10.1 Å². The summed E-state index contributed by atoms with van der Waals surface area (Å²) < 4.78 is 7.03. The number of ether oxygens (including phenoxy) is 1. The molecule has 0 aromatic carbocycles. The molecule has 1 heterocycles. The van der Waals surface area contributed by atoms with Crippen molar-refractivity contribution in [2.45, 2.75) is 52.6 Å². The quantitative estimate of drug-likeness (QED) is 0.408. The molecule has 1 aromatic rings. The number of aromatic nitrogens is 2. The summed E-state index contributed by atoms with van der Waals surface area (Å²) in [7, 11) is 1.73. The summed E-state index contributed by atoms with van der Waals surface area (Å²) >= 11 is 0. The van der Waals surface area contributed by atoms with Crippen molar-refractivity contribution < 1.29 is 9.66 Å².